The Morgan fingerprint density at radius 1 is 1.43 bits per heavy atom. The fourth-order valence-corrected chi connectivity index (χ4v) is 2.64. The van der Waals surface area contributed by atoms with Crippen LogP contribution in [0.4, 0.5) is 0 Å². The highest BCUT2D eigenvalue weighted by atomic mass is 16.5. The molecule has 0 N–H and O–H groups in total. The van der Waals surface area contributed by atoms with E-state index in [1.54, 1.807) is 0 Å². The summed E-state index contributed by atoms with van der Waals surface area (Å²) in [4.78, 5) is 14.1. The van der Waals surface area contributed by atoms with Gasteiger partial charge in [-0.1, -0.05) is 30.3 Å². The van der Waals surface area contributed by atoms with E-state index in [-0.39, 0.29) is 18.1 Å². The van der Waals surface area contributed by atoms with Gasteiger partial charge in [-0.3, -0.25) is 4.79 Å². The molecule has 21 heavy (non-hydrogen) atoms. The van der Waals surface area contributed by atoms with Crippen molar-refractivity contribution in [1.82, 2.24) is 4.90 Å². The molecule has 0 aliphatic carbocycles. The van der Waals surface area contributed by atoms with Crippen molar-refractivity contribution in [2.75, 3.05) is 26.3 Å². The zero-order chi connectivity index (χ0) is 15.1. The number of hydrogen-bond donors (Lipinski definition) is 0. The number of nitrogens with zero attached hydrogens (tertiary/aromatic N) is 1. The molecule has 4 nitrogen and oxygen atoms in total. The summed E-state index contributed by atoms with van der Waals surface area (Å²) in [5.41, 5.74) is 1.31. The number of ether oxygens (including phenoxy) is 2. The van der Waals surface area contributed by atoms with Crippen LogP contribution in [-0.2, 0) is 20.7 Å². The molecular formula is C17H25NO3. The molecule has 1 heterocycles. The molecule has 4 heteroatoms. The van der Waals surface area contributed by atoms with E-state index in [0.29, 0.717) is 26.3 Å². The Balaban J connectivity index is 1.82. The van der Waals surface area contributed by atoms with Crippen molar-refractivity contribution in [2.45, 2.75) is 38.9 Å². The first-order chi connectivity index (χ1) is 10.2. The van der Waals surface area contributed by atoms with Gasteiger partial charge in [0.05, 0.1) is 12.7 Å². The van der Waals surface area contributed by atoms with Crippen molar-refractivity contribution in [3.63, 3.8) is 0 Å². The van der Waals surface area contributed by atoms with Gasteiger partial charge in [0, 0.05) is 19.7 Å². The molecule has 2 rings (SSSR count). The van der Waals surface area contributed by atoms with Gasteiger partial charge in [0.2, 0.25) is 0 Å². The van der Waals surface area contributed by atoms with Gasteiger partial charge >= 0.3 is 0 Å². The molecule has 2 atom stereocenters. The Kier molecular flexibility index (Phi) is 6.21. The fraction of sp³-hybridized carbons (Fsp3) is 0.588. The predicted molar refractivity (Wildman–Crippen MR) is 82.2 cm³/mol. The van der Waals surface area contributed by atoms with Crippen molar-refractivity contribution in [3.05, 3.63) is 35.9 Å². The lowest BCUT2D eigenvalue weighted by Crippen LogP contribution is -2.49. The molecule has 1 aliphatic rings. The maximum Gasteiger partial charge on any atom is 0.251 e. The minimum atomic E-state index is -0.358. The zero-order valence-electron chi connectivity index (χ0n) is 13.0. The third-order valence-corrected chi connectivity index (χ3v) is 3.81. The maximum absolute atomic E-state index is 12.3. The lowest BCUT2D eigenvalue weighted by Gasteiger charge is -2.34. The van der Waals surface area contributed by atoms with Crippen LogP contribution in [0, 0.1) is 0 Å². The molecule has 1 aromatic carbocycles. The van der Waals surface area contributed by atoms with E-state index in [1.807, 2.05) is 24.8 Å². The van der Waals surface area contributed by atoms with Crippen LogP contribution in [0.5, 0.6) is 0 Å². The second-order valence-corrected chi connectivity index (χ2v) is 5.40. The number of carbonyl (C=O) groups is 1. The van der Waals surface area contributed by atoms with Crippen LogP contribution >= 0.6 is 0 Å². The predicted octanol–water partition coefficient (Wildman–Crippen LogP) is 2.27. The van der Waals surface area contributed by atoms with Crippen LogP contribution in [0.3, 0.4) is 0 Å². The van der Waals surface area contributed by atoms with Gasteiger partial charge in [0.1, 0.15) is 6.10 Å². The average Bonchev–Trinajstić information content (AvgIpc) is 2.54. The average molecular weight is 291 g/mol. The number of rotatable bonds is 6. The summed E-state index contributed by atoms with van der Waals surface area (Å²) in [7, 11) is 0. The maximum atomic E-state index is 12.3. The number of hydrogen-bond acceptors (Lipinski definition) is 3. The molecule has 1 aliphatic heterocycles. The molecule has 0 aromatic heterocycles. The van der Waals surface area contributed by atoms with Crippen LogP contribution in [0.15, 0.2) is 30.3 Å². The lowest BCUT2D eigenvalue weighted by atomic mass is 10.1. The van der Waals surface area contributed by atoms with Gasteiger partial charge in [-0.2, -0.15) is 0 Å². The Labute approximate surface area is 127 Å². The monoisotopic (exact) mass is 291 g/mol. The lowest BCUT2D eigenvalue weighted by molar-refractivity contribution is -0.149. The van der Waals surface area contributed by atoms with Crippen LogP contribution in [0.25, 0.3) is 0 Å². The Morgan fingerprint density at radius 2 is 2.19 bits per heavy atom. The highest BCUT2D eigenvalue weighted by Crippen LogP contribution is 2.14. The molecular weight excluding hydrogens is 266 g/mol. The second-order valence-electron chi connectivity index (χ2n) is 5.40. The van der Waals surface area contributed by atoms with E-state index >= 15 is 0 Å². The Hall–Kier alpha value is -1.39. The first kappa shape index (κ1) is 16.0. The molecule has 1 fully saturated rings. The van der Waals surface area contributed by atoms with E-state index in [2.05, 4.69) is 24.3 Å². The molecule has 1 saturated heterocycles. The molecule has 1 amide bonds. The highest BCUT2D eigenvalue weighted by Gasteiger charge is 2.27. The smallest absolute Gasteiger partial charge is 0.251 e. The van der Waals surface area contributed by atoms with Crippen LogP contribution < -0.4 is 0 Å². The number of benzene rings is 1. The van der Waals surface area contributed by atoms with Gasteiger partial charge in [0.15, 0.2) is 0 Å². The Morgan fingerprint density at radius 3 is 2.90 bits per heavy atom. The number of morpholine rings is 1. The second kappa shape index (κ2) is 8.15. The number of aryl methyl sites for hydroxylation is 1. The van der Waals surface area contributed by atoms with Gasteiger partial charge in [-0.15, -0.1) is 0 Å². The summed E-state index contributed by atoms with van der Waals surface area (Å²) in [6.45, 7) is 6.24. The van der Waals surface area contributed by atoms with Crippen molar-refractivity contribution in [1.29, 1.82) is 0 Å². The van der Waals surface area contributed by atoms with Crippen LogP contribution in [0.2, 0.25) is 0 Å². The standard InChI is InChI=1S/C17H25NO3/c1-3-20-14(2)17(19)18-11-12-21-16(13-18)10-9-15-7-5-4-6-8-15/h4-8,14,16H,3,9-13H2,1-2H3/t14-,16+/m1/s1. The molecule has 0 unspecified atom stereocenters. The van der Waals surface area contributed by atoms with Crippen molar-refractivity contribution >= 4 is 5.91 Å². The summed E-state index contributed by atoms with van der Waals surface area (Å²) < 4.78 is 11.2. The van der Waals surface area contributed by atoms with Crippen LogP contribution in [-0.4, -0.2) is 49.3 Å². The number of carbonyl (C=O) groups excluding carboxylic acids is 1. The topological polar surface area (TPSA) is 38.8 Å². The van der Waals surface area contributed by atoms with Crippen LogP contribution in [0.1, 0.15) is 25.8 Å². The highest BCUT2D eigenvalue weighted by molar-refractivity contribution is 5.80. The first-order valence-electron chi connectivity index (χ1n) is 7.76. The molecule has 0 saturated carbocycles. The van der Waals surface area contributed by atoms with Crippen molar-refractivity contribution < 1.29 is 14.3 Å². The van der Waals surface area contributed by atoms with E-state index in [9.17, 15) is 4.79 Å². The largest absolute Gasteiger partial charge is 0.375 e. The number of amides is 1. The van der Waals surface area contributed by atoms with Crippen molar-refractivity contribution in [2.24, 2.45) is 0 Å². The summed E-state index contributed by atoms with van der Waals surface area (Å²) in [6.07, 6.45) is 1.69. The third kappa shape index (κ3) is 4.83. The van der Waals surface area contributed by atoms with E-state index in [0.717, 1.165) is 12.8 Å². The minimum absolute atomic E-state index is 0.0739. The van der Waals surface area contributed by atoms with E-state index < -0.39 is 0 Å². The zero-order valence-corrected chi connectivity index (χ0v) is 13.0. The summed E-state index contributed by atoms with van der Waals surface area (Å²) in [5.74, 6) is 0.0739. The third-order valence-electron chi connectivity index (χ3n) is 3.81. The van der Waals surface area contributed by atoms with E-state index in [1.165, 1.54) is 5.56 Å². The van der Waals surface area contributed by atoms with Gasteiger partial charge < -0.3 is 14.4 Å². The SMILES string of the molecule is CCO[C@H](C)C(=O)N1CCO[C@@H](CCc2ccccc2)C1. The van der Waals surface area contributed by atoms with Gasteiger partial charge in [-0.25, -0.2) is 0 Å². The van der Waals surface area contributed by atoms with Gasteiger partial charge in [0.25, 0.3) is 5.91 Å². The summed E-state index contributed by atoms with van der Waals surface area (Å²) >= 11 is 0. The van der Waals surface area contributed by atoms with E-state index in [4.69, 9.17) is 9.47 Å². The molecule has 0 radical (unpaired) electrons. The fourth-order valence-electron chi connectivity index (χ4n) is 2.64. The molecule has 116 valence electrons. The molecule has 0 bridgehead atoms. The molecule has 1 aromatic rings. The summed E-state index contributed by atoms with van der Waals surface area (Å²) in [5, 5.41) is 0. The normalized spacial score (nSPS) is 20.3. The first-order valence-corrected chi connectivity index (χ1v) is 7.76. The van der Waals surface area contributed by atoms with Crippen molar-refractivity contribution in [3.8, 4) is 0 Å². The minimum Gasteiger partial charge on any atom is -0.375 e. The van der Waals surface area contributed by atoms with Gasteiger partial charge in [-0.05, 0) is 32.3 Å². The molecule has 0 spiro atoms. The Bertz CT molecular complexity index is 435. The summed E-state index contributed by atoms with van der Waals surface area (Å²) in [6, 6.07) is 10.4. The quantitative estimate of drug-likeness (QED) is 0.807.